The van der Waals surface area contributed by atoms with Crippen LogP contribution in [0.5, 0.6) is 5.75 Å². The van der Waals surface area contributed by atoms with Crippen LogP contribution < -0.4 is 9.44 Å². The van der Waals surface area contributed by atoms with Crippen LogP contribution >= 0.6 is 0 Å². The van der Waals surface area contributed by atoms with Gasteiger partial charge in [-0.1, -0.05) is 42.5 Å². The van der Waals surface area contributed by atoms with Crippen molar-refractivity contribution in [2.75, 3.05) is 0 Å². The Labute approximate surface area is 238 Å². The minimum atomic E-state index is -4.75. The molecule has 220 valence electrons. The summed E-state index contributed by atoms with van der Waals surface area (Å²) in [5.74, 6) is -0.485. The fourth-order valence-electron chi connectivity index (χ4n) is 4.57. The van der Waals surface area contributed by atoms with E-state index in [1.165, 1.54) is 30.5 Å². The zero-order chi connectivity index (χ0) is 30.3. The van der Waals surface area contributed by atoms with Crippen molar-refractivity contribution in [3.05, 3.63) is 102 Å². The number of phenolic OH excluding ortho intramolecular Hbond substituents is 1. The van der Waals surface area contributed by atoms with Gasteiger partial charge in [-0.15, -0.1) is 0 Å². The van der Waals surface area contributed by atoms with Gasteiger partial charge in [-0.3, -0.25) is 9.52 Å². The van der Waals surface area contributed by atoms with Gasteiger partial charge in [0, 0.05) is 5.56 Å². The molecular weight excluding hydrogens is 597 g/mol. The number of aromatic amines is 1. The number of carbonyl (C=O) groups is 1. The summed E-state index contributed by atoms with van der Waals surface area (Å²) in [6.07, 6.45) is -3.59. The zero-order valence-corrected chi connectivity index (χ0v) is 23.1. The Bertz CT molecular complexity index is 1860. The smallest absolute Gasteiger partial charge is 0.416 e. The van der Waals surface area contributed by atoms with E-state index in [9.17, 15) is 39.9 Å². The molecule has 1 fully saturated rings. The summed E-state index contributed by atoms with van der Waals surface area (Å²) in [4.78, 5) is 18.3. The van der Waals surface area contributed by atoms with Gasteiger partial charge < -0.3 is 10.1 Å². The number of alkyl halides is 3. The van der Waals surface area contributed by atoms with Gasteiger partial charge in [-0.25, -0.2) is 26.5 Å². The molecule has 1 aliphatic heterocycles. The second kappa shape index (κ2) is 10.9. The monoisotopic (exact) mass is 620 g/mol. The van der Waals surface area contributed by atoms with Crippen LogP contribution in [-0.2, 0) is 37.4 Å². The third-order valence-electron chi connectivity index (χ3n) is 6.64. The lowest BCUT2D eigenvalue weighted by molar-refractivity contribution is -0.137. The number of benzene rings is 3. The number of imidazole rings is 1. The Kier molecular flexibility index (Phi) is 7.59. The summed E-state index contributed by atoms with van der Waals surface area (Å²) in [7, 11) is -8.36. The van der Waals surface area contributed by atoms with Gasteiger partial charge in [0.15, 0.2) is 0 Å². The number of carbonyl (C=O) groups excluding carboxylic acids is 1. The minimum absolute atomic E-state index is 0.00767. The molecule has 0 saturated carbocycles. The first-order chi connectivity index (χ1) is 19.7. The molecule has 2 atom stereocenters. The molecule has 4 aromatic rings. The maximum absolute atomic E-state index is 13.3. The molecule has 1 amide bonds. The number of sulfonamides is 2. The molecule has 1 aromatic heterocycles. The van der Waals surface area contributed by atoms with Crippen molar-refractivity contribution >= 4 is 26.0 Å². The minimum Gasteiger partial charge on any atom is -0.508 e. The highest BCUT2D eigenvalue weighted by atomic mass is 32.2. The van der Waals surface area contributed by atoms with Crippen LogP contribution in [0.2, 0.25) is 0 Å². The lowest BCUT2D eigenvalue weighted by Gasteiger charge is -2.18. The van der Waals surface area contributed by atoms with Crippen molar-refractivity contribution in [1.82, 2.24) is 19.4 Å². The third-order valence-corrected chi connectivity index (χ3v) is 9.81. The number of halogens is 3. The highest BCUT2D eigenvalue weighted by Gasteiger charge is 2.38. The number of aromatic nitrogens is 2. The Hall–Kier alpha value is -4.21. The summed E-state index contributed by atoms with van der Waals surface area (Å²) < 4.78 is 95.2. The Morgan fingerprint density at radius 3 is 2.40 bits per heavy atom. The topological polar surface area (TPSA) is 158 Å². The van der Waals surface area contributed by atoms with Crippen LogP contribution in [0.15, 0.2) is 83.9 Å². The molecule has 10 nitrogen and oxygen atoms in total. The van der Waals surface area contributed by atoms with E-state index in [4.69, 9.17) is 0 Å². The lowest BCUT2D eigenvalue weighted by atomic mass is 10.0. The van der Waals surface area contributed by atoms with Crippen molar-refractivity contribution in [3.63, 3.8) is 0 Å². The molecule has 0 bridgehead atoms. The van der Waals surface area contributed by atoms with E-state index < -0.39 is 53.9 Å². The lowest BCUT2D eigenvalue weighted by Crippen LogP contribution is -2.31. The van der Waals surface area contributed by atoms with Gasteiger partial charge in [0.2, 0.25) is 26.0 Å². The standard InChI is InChI=1S/C27H23F3N4O6S2/c28-27(29,30)19-4-2-6-21(13-19)41(37,38)33-22(26-31-15-23(32-26)18-3-1-5-20(35)12-18)11-16-7-9-17(10-8-16)24-14-25(36)34-42(24,39)40/h1-10,12-13,15,22,24,33,35H,11,14H2,(H,31,32)(H,34,36). The molecule has 15 heteroatoms. The number of amides is 1. The van der Waals surface area contributed by atoms with Crippen LogP contribution in [-0.4, -0.2) is 37.8 Å². The molecule has 2 unspecified atom stereocenters. The fraction of sp³-hybridized carbons (Fsp3) is 0.185. The summed E-state index contributed by atoms with van der Waals surface area (Å²) in [5.41, 5.74) is 0.779. The number of nitrogens with one attached hydrogen (secondary N) is 3. The highest BCUT2D eigenvalue weighted by Crippen LogP contribution is 2.33. The van der Waals surface area contributed by atoms with Gasteiger partial charge in [0.05, 0.1) is 34.8 Å². The Morgan fingerprint density at radius 2 is 1.76 bits per heavy atom. The van der Waals surface area contributed by atoms with Gasteiger partial charge in [-0.05, 0) is 47.9 Å². The van der Waals surface area contributed by atoms with E-state index in [0.717, 1.165) is 18.2 Å². The molecule has 0 aliphatic carbocycles. The molecule has 5 rings (SSSR count). The number of H-pyrrole nitrogens is 1. The quantitative estimate of drug-likeness (QED) is 0.232. The van der Waals surface area contributed by atoms with Crippen LogP contribution in [0, 0.1) is 0 Å². The van der Waals surface area contributed by atoms with Crippen molar-refractivity contribution in [2.24, 2.45) is 0 Å². The predicted molar refractivity (Wildman–Crippen MR) is 145 cm³/mol. The maximum Gasteiger partial charge on any atom is 0.416 e. The molecule has 1 aliphatic rings. The summed E-state index contributed by atoms with van der Waals surface area (Å²) >= 11 is 0. The molecular formula is C27H23F3N4O6S2. The first-order valence-corrected chi connectivity index (χ1v) is 15.4. The van der Waals surface area contributed by atoms with E-state index >= 15 is 0 Å². The van der Waals surface area contributed by atoms with E-state index in [0.29, 0.717) is 28.5 Å². The Morgan fingerprint density at radius 1 is 1.05 bits per heavy atom. The van der Waals surface area contributed by atoms with Gasteiger partial charge in [-0.2, -0.15) is 13.2 Å². The van der Waals surface area contributed by atoms with Gasteiger partial charge in [0.25, 0.3) is 0 Å². The number of hydrogen-bond acceptors (Lipinski definition) is 7. The predicted octanol–water partition coefficient (Wildman–Crippen LogP) is 3.95. The number of aromatic hydroxyl groups is 1. The van der Waals surface area contributed by atoms with Crippen molar-refractivity contribution in [2.45, 2.75) is 35.2 Å². The normalized spacial score (nSPS) is 17.6. The molecule has 0 radical (unpaired) electrons. The third kappa shape index (κ3) is 6.32. The van der Waals surface area contributed by atoms with Crippen molar-refractivity contribution < 1.29 is 39.9 Å². The first kappa shape index (κ1) is 29.3. The van der Waals surface area contributed by atoms with Crippen LogP contribution in [0.1, 0.15) is 40.2 Å². The SMILES string of the molecule is O=C1CC(c2ccc(CC(NS(=O)(=O)c3cccc(C(F)(F)F)c3)c3ncc(-c4cccc(O)c4)[nH]3)cc2)S(=O)(=O)N1. The van der Waals surface area contributed by atoms with Crippen molar-refractivity contribution in [1.29, 1.82) is 0 Å². The number of hydrogen-bond donors (Lipinski definition) is 4. The zero-order valence-electron chi connectivity index (χ0n) is 21.5. The first-order valence-electron chi connectivity index (χ1n) is 12.4. The molecule has 3 aromatic carbocycles. The van der Waals surface area contributed by atoms with E-state index in [2.05, 4.69) is 14.7 Å². The van der Waals surface area contributed by atoms with Crippen LogP contribution in [0.25, 0.3) is 11.3 Å². The van der Waals surface area contributed by atoms with Gasteiger partial charge >= 0.3 is 6.18 Å². The summed E-state index contributed by atoms with van der Waals surface area (Å²) in [6.45, 7) is 0. The van der Waals surface area contributed by atoms with E-state index in [-0.39, 0.29) is 24.4 Å². The number of rotatable bonds is 8. The highest BCUT2D eigenvalue weighted by molar-refractivity contribution is 7.90. The number of phenols is 1. The summed E-state index contributed by atoms with van der Waals surface area (Å²) in [6, 6.07) is 14.6. The average Bonchev–Trinajstić information content (AvgIpc) is 3.52. The molecule has 0 spiro atoms. The molecule has 4 N–H and O–H groups in total. The Balaban J connectivity index is 1.47. The van der Waals surface area contributed by atoms with Crippen LogP contribution in [0.4, 0.5) is 13.2 Å². The fourth-order valence-corrected chi connectivity index (χ4v) is 7.25. The second-order valence-electron chi connectivity index (χ2n) is 9.64. The molecule has 42 heavy (non-hydrogen) atoms. The second-order valence-corrected chi connectivity index (χ2v) is 13.2. The summed E-state index contributed by atoms with van der Waals surface area (Å²) in [5, 5.41) is 8.76. The average molecular weight is 621 g/mol. The maximum atomic E-state index is 13.3. The van der Waals surface area contributed by atoms with Gasteiger partial charge in [0.1, 0.15) is 16.8 Å². The molecule has 2 heterocycles. The largest absolute Gasteiger partial charge is 0.508 e. The van der Waals surface area contributed by atoms with Crippen LogP contribution in [0.3, 0.4) is 0 Å². The molecule has 1 saturated heterocycles. The number of nitrogens with zero attached hydrogens (tertiary/aromatic N) is 1. The van der Waals surface area contributed by atoms with E-state index in [1.54, 1.807) is 24.3 Å². The van der Waals surface area contributed by atoms with Crippen molar-refractivity contribution in [3.8, 4) is 17.0 Å². The van der Waals surface area contributed by atoms with E-state index in [1.807, 2.05) is 4.72 Å².